The summed E-state index contributed by atoms with van der Waals surface area (Å²) in [5.74, 6) is 2.99. The van der Waals surface area contributed by atoms with Gasteiger partial charge in [0.15, 0.2) is 0 Å². The van der Waals surface area contributed by atoms with Crippen LogP contribution in [0.4, 0.5) is 0 Å². The van der Waals surface area contributed by atoms with E-state index < -0.39 is 0 Å². The first-order valence-electron chi connectivity index (χ1n) is 8.44. The molecular weight excluding hydrogens is 326 g/mol. The Kier molecular flexibility index (Phi) is 6.30. The fourth-order valence-corrected chi connectivity index (χ4v) is 4.43. The van der Waals surface area contributed by atoms with Gasteiger partial charge in [-0.15, -0.1) is 0 Å². The molecule has 120 valence electrons. The molecule has 0 aromatic carbocycles. The van der Waals surface area contributed by atoms with E-state index in [0.717, 1.165) is 37.3 Å². The van der Waals surface area contributed by atoms with Crippen LogP contribution in [0, 0.1) is 17.8 Å². The molecule has 1 heterocycles. The molecule has 1 fully saturated rings. The van der Waals surface area contributed by atoms with Crippen LogP contribution in [-0.2, 0) is 6.54 Å². The van der Waals surface area contributed by atoms with Gasteiger partial charge in [0, 0.05) is 12.5 Å². The molecule has 1 aromatic rings. The number of hydrogen-bond donors (Lipinski definition) is 1. The lowest BCUT2D eigenvalue weighted by Crippen LogP contribution is -2.33. The number of halogens is 1. The van der Waals surface area contributed by atoms with Crippen LogP contribution in [0.3, 0.4) is 0 Å². The maximum absolute atomic E-state index is 4.59. The largest absolute Gasteiger partial charge is 0.319 e. The zero-order chi connectivity index (χ0) is 15.4. The van der Waals surface area contributed by atoms with Crippen molar-refractivity contribution in [1.82, 2.24) is 15.1 Å². The Morgan fingerprint density at radius 1 is 1.43 bits per heavy atom. The molecule has 1 aromatic heterocycles. The van der Waals surface area contributed by atoms with E-state index in [1.54, 1.807) is 0 Å². The third-order valence-corrected chi connectivity index (χ3v) is 5.67. The monoisotopic (exact) mass is 355 g/mol. The third-order valence-electron chi connectivity index (χ3n) is 5.06. The molecule has 0 amide bonds. The zero-order valence-corrected chi connectivity index (χ0v) is 15.5. The molecule has 1 N–H and O–H groups in total. The van der Waals surface area contributed by atoms with Crippen LogP contribution in [0.15, 0.2) is 10.7 Å². The van der Waals surface area contributed by atoms with Crippen molar-refractivity contribution < 1.29 is 0 Å². The van der Waals surface area contributed by atoms with Gasteiger partial charge in [0.2, 0.25) is 0 Å². The van der Waals surface area contributed by atoms with Crippen molar-refractivity contribution in [3.8, 4) is 0 Å². The lowest BCUT2D eigenvalue weighted by Gasteiger charge is -2.38. The molecule has 1 aliphatic carbocycles. The molecule has 0 radical (unpaired) electrons. The highest BCUT2D eigenvalue weighted by Gasteiger charge is 2.35. The number of rotatable bonds is 6. The molecular formula is C17H30BrN3. The topological polar surface area (TPSA) is 29.9 Å². The Bertz CT molecular complexity index is 441. The van der Waals surface area contributed by atoms with Crippen molar-refractivity contribution in [2.24, 2.45) is 17.8 Å². The predicted molar refractivity (Wildman–Crippen MR) is 92.6 cm³/mol. The van der Waals surface area contributed by atoms with Gasteiger partial charge in [-0.25, -0.2) is 0 Å². The van der Waals surface area contributed by atoms with E-state index in [-0.39, 0.29) is 0 Å². The summed E-state index contributed by atoms with van der Waals surface area (Å²) in [4.78, 5) is 0. The SMILES string of the molecule is CCCn1ncc(Br)c1C1CC(C(C)C)CCC1CNC. The summed E-state index contributed by atoms with van der Waals surface area (Å²) in [5, 5.41) is 7.99. The summed E-state index contributed by atoms with van der Waals surface area (Å²) < 4.78 is 3.44. The fourth-order valence-electron chi connectivity index (χ4n) is 3.84. The van der Waals surface area contributed by atoms with Crippen molar-refractivity contribution >= 4 is 15.9 Å². The Hall–Kier alpha value is -0.350. The second-order valence-corrected chi connectivity index (χ2v) is 7.70. The summed E-state index contributed by atoms with van der Waals surface area (Å²) in [5.41, 5.74) is 1.43. The van der Waals surface area contributed by atoms with E-state index in [4.69, 9.17) is 0 Å². The molecule has 1 saturated carbocycles. The minimum atomic E-state index is 0.627. The van der Waals surface area contributed by atoms with E-state index in [1.807, 2.05) is 6.20 Å². The fraction of sp³-hybridized carbons (Fsp3) is 0.824. The smallest absolute Gasteiger partial charge is 0.0635 e. The first-order valence-corrected chi connectivity index (χ1v) is 9.23. The second kappa shape index (κ2) is 7.77. The van der Waals surface area contributed by atoms with Gasteiger partial charge in [0.25, 0.3) is 0 Å². The number of aromatic nitrogens is 2. The normalized spacial score (nSPS) is 26.5. The number of nitrogens with zero attached hydrogens (tertiary/aromatic N) is 2. The van der Waals surface area contributed by atoms with Gasteiger partial charge in [0.05, 0.1) is 16.4 Å². The van der Waals surface area contributed by atoms with Crippen LogP contribution in [0.2, 0.25) is 0 Å². The molecule has 2 rings (SSSR count). The highest BCUT2D eigenvalue weighted by atomic mass is 79.9. The first kappa shape index (κ1) is 17.0. The van der Waals surface area contributed by atoms with Crippen LogP contribution in [0.25, 0.3) is 0 Å². The molecule has 0 bridgehead atoms. The van der Waals surface area contributed by atoms with E-state index in [1.165, 1.54) is 29.4 Å². The standard InChI is InChI=1S/C17H30BrN3/c1-5-8-21-17(16(18)11-20-21)15-9-13(12(2)3)6-7-14(15)10-19-4/h11-15,19H,5-10H2,1-4H3. The highest BCUT2D eigenvalue weighted by Crippen LogP contribution is 2.44. The average molecular weight is 356 g/mol. The average Bonchev–Trinajstić information content (AvgIpc) is 2.81. The van der Waals surface area contributed by atoms with E-state index in [0.29, 0.717) is 5.92 Å². The van der Waals surface area contributed by atoms with Crippen LogP contribution >= 0.6 is 15.9 Å². The molecule has 0 spiro atoms. The van der Waals surface area contributed by atoms with Crippen molar-refractivity contribution in [3.05, 3.63) is 16.4 Å². The molecule has 0 aliphatic heterocycles. The summed E-state index contributed by atoms with van der Waals surface area (Å²) in [6, 6.07) is 0. The van der Waals surface area contributed by atoms with Gasteiger partial charge in [-0.2, -0.15) is 5.10 Å². The second-order valence-electron chi connectivity index (χ2n) is 6.84. The lowest BCUT2D eigenvalue weighted by atomic mass is 9.69. The van der Waals surface area contributed by atoms with Crippen molar-refractivity contribution in [3.63, 3.8) is 0 Å². The summed E-state index contributed by atoms with van der Waals surface area (Å²) in [7, 11) is 2.07. The van der Waals surface area contributed by atoms with E-state index in [2.05, 4.69) is 58.8 Å². The van der Waals surface area contributed by atoms with E-state index in [9.17, 15) is 0 Å². The summed E-state index contributed by atoms with van der Waals surface area (Å²) in [6.07, 6.45) is 7.13. The molecule has 3 unspecified atom stereocenters. The van der Waals surface area contributed by atoms with Gasteiger partial charge in [0.1, 0.15) is 0 Å². The van der Waals surface area contributed by atoms with Crippen LogP contribution < -0.4 is 5.32 Å². The van der Waals surface area contributed by atoms with Gasteiger partial charge in [-0.1, -0.05) is 20.8 Å². The van der Waals surface area contributed by atoms with Crippen molar-refractivity contribution in [1.29, 1.82) is 0 Å². The maximum Gasteiger partial charge on any atom is 0.0635 e. The van der Waals surface area contributed by atoms with Gasteiger partial charge in [-0.05, 0) is 73.0 Å². The Balaban J connectivity index is 2.28. The number of aryl methyl sites for hydroxylation is 1. The predicted octanol–water partition coefficient (Wildman–Crippen LogP) is 4.43. The third kappa shape index (κ3) is 3.89. The van der Waals surface area contributed by atoms with Crippen LogP contribution in [0.5, 0.6) is 0 Å². The molecule has 1 aliphatic rings. The van der Waals surface area contributed by atoms with Crippen molar-refractivity contribution in [2.45, 2.75) is 58.9 Å². The quantitative estimate of drug-likeness (QED) is 0.817. The zero-order valence-electron chi connectivity index (χ0n) is 13.9. The van der Waals surface area contributed by atoms with Gasteiger partial charge < -0.3 is 5.32 Å². The minimum Gasteiger partial charge on any atom is -0.319 e. The number of nitrogens with one attached hydrogen (secondary N) is 1. The molecule has 3 nitrogen and oxygen atoms in total. The molecule has 3 atom stereocenters. The summed E-state index contributed by atoms with van der Waals surface area (Å²) >= 11 is 3.75. The van der Waals surface area contributed by atoms with Gasteiger partial charge in [-0.3, -0.25) is 4.68 Å². The first-order chi connectivity index (χ1) is 10.1. The maximum atomic E-state index is 4.59. The minimum absolute atomic E-state index is 0.627. The van der Waals surface area contributed by atoms with Crippen molar-refractivity contribution in [2.75, 3.05) is 13.6 Å². The highest BCUT2D eigenvalue weighted by molar-refractivity contribution is 9.10. The molecule has 0 saturated heterocycles. The molecule has 4 heteroatoms. The Morgan fingerprint density at radius 3 is 2.81 bits per heavy atom. The lowest BCUT2D eigenvalue weighted by molar-refractivity contribution is 0.185. The van der Waals surface area contributed by atoms with Crippen LogP contribution in [0.1, 0.15) is 58.1 Å². The Morgan fingerprint density at radius 2 is 2.19 bits per heavy atom. The summed E-state index contributed by atoms with van der Waals surface area (Å²) in [6.45, 7) is 9.11. The van der Waals surface area contributed by atoms with Crippen LogP contribution in [-0.4, -0.2) is 23.4 Å². The Labute approximate surface area is 138 Å². The van der Waals surface area contributed by atoms with E-state index >= 15 is 0 Å². The number of hydrogen-bond acceptors (Lipinski definition) is 2. The van der Waals surface area contributed by atoms with Gasteiger partial charge >= 0.3 is 0 Å². The molecule has 21 heavy (non-hydrogen) atoms.